The monoisotopic (exact) mass is 651 g/mol. The average molecular weight is 652 g/mol. The summed E-state index contributed by atoms with van der Waals surface area (Å²) in [6.45, 7) is 0.0561. The Morgan fingerprint density at radius 2 is 1.11 bits per heavy atom. The molecule has 11 nitrogen and oxygen atoms in total. The van der Waals surface area contributed by atoms with Gasteiger partial charge in [-0.1, -0.05) is 89.9 Å². The number of aldehydes is 1. The van der Waals surface area contributed by atoms with Crippen molar-refractivity contribution in [1.29, 1.82) is 0 Å². The van der Waals surface area contributed by atoms with Gasteiger partial charge in [0.1, 0.15) is 18.9 Å². The molecule has 0 aliphatic heterocycles. The van der Waals surface area contributed by atoms with E-state index in [1.165, 1.54) is 83.5 Å². The van der Waals surface area contributed by atoms with Crippen LogP contribution >= 0.6 is 0 Å². The molecule has 1 fully saturated rings. The molecule has 0 saturated heterocycles. The van der Waals surface area contributed by atoms with Crippen molar-refractivity contribution in [2.75, 3.05) is 13.1 Å². The molecule has 0 heterocycles. The summed E-state index contributed by atoms with van der Waals surface area (Å²) in [7, 11) is 0. The van der Waals surface area contributed by atoms with Gasteiger partial charge in [0.25, 0.3) is 0 Å². The van der Waals surface area contributed by atoms with Crippen molar-refractivity contribution in [2.24, 2.45) is 11.8 Å². The fourth-order valence-electron chi connectivity index (χ4n) is 6.05. The van der Waals surface area contributed by atoms with Crippen LogP contribution in [0, 0.1) is 11.8 Å². The lowest BCUT2D eigenvalue weighted by Gasteiger charge is -2.28. The van der Waals surface area contributed by atoms with E-state index in [1.54, 1.807) is 0 Å². The van der Waals surface area contributed by atoms with Gasteiger partial charge in [-0.05, 0) is 50.9 Å². The zero-order valence-corrected chi connectivity index (χ0v) is 28.0. The van der Waals surface area contributed by atoms with Crippen LogP contribution in [0.15, 0.2) is 0 Å². The maximum absolute atomic E-state index is 12.7. The van der Waals surface area contributed by atoms with Crippen LogP contribution in [0.5, 0.6) is 0 Å². The number of carbonyl (C=O) groups is 6. The number of hydrogen-bond donors (Lipinski definition) is 5. The fraction of sp³-hybridized carbons (Fsp3) is 0.829. The Bertz CT molecular complexity index is 889. The van der Waals surface area contributed by atoms with E-state index < -0.39 is 30.4 Å². The van der Waals surface area contributed by atoms with Gasteiger partial charge in [0.05, 0.1) is 0 Å². The van der Waals surface area contributed by atoms with Crippen molar-refractivity contribution in [1.82, 2.24) is 16.0 Å². The molecule has 0 aromatic carbocycles. The van der Waals surface area contributed by atoms with Gasteiger partial charge in [-0.25, -0.2) is 4.79 Å². The quantitative estimate of drug-likeness (QED) is 0.0506. The van der Waals surface area contributed by atoms with E-state index in [9.17, 15) is 33.9 Å². The first-order chi connectivity index (χ1) is 22.2. The Balaban J connectivity index is 2.00. The molecule has 1 rings (SSSR count). The molecular formula is C35H61N3O8. The van der Waals surface area contributed by atoms with Gasteiger partial charge in [-0.2, -0.15) is 0 Å². The molecule has 1 atom stereocenters. The molecule has 1 aliphatic rings. The van der Waals surface area contributed by atoms with Crippen molar-refractivity contribution in [3.63, 3.8) is 0 Å². The molecule has 46 heavy (non-hydrogen) atoms. The summed E-state index contributed by atoms with van der Waals surface area (Å²) in [6, 6.07) is -1.22. The van der Waals surface area contributed by atoms with Crippen molar-refractivity contribution < 1.29 is 39.0 Å². The van der Waals surface area contributed by atoms with E-state index in [4.69, 9.17) is 5.11 Å². The summed E-state index contributed by atoms with van der Waals surface area (Å²) in [5.41, 5.74) is 0. The number of unbranched alkanes of at least 4 members (excludes halogenated alkanes) is 16. The third-order valence-corrected chi connectivity index (χ3v) is 8.99. The van der Waals surface area contributed by atoms with Gasteiger partial charge in [-0.15, -0.1) is 0 Å². The molecule has 1 unspecified atom stereocenters. The standard InChI is InChI=1S/C35H61N3O8/c39-25-17-15-13-11-9-7-5-3-1-2-4-6-8-10-12-14-16-18-31(40)36-26-28-19-21-29(22-20-28)34(44)38-30(35(45)46)23-24-32(41)37-27-33(42)43/h25,28-30H,1-24,26-27H2,(H,36,40)(H,37,41)(H,38,44)(H,42,43)(H,45,46)/t28-,29-,30?. The number of nitrogens with one attached hydrogen (secondary N) is 3. The molecule has 1 aliphatic carbocycles. The van der Waals surface area contributed by atoms with Crippen LogP contribution in [-0.4, -0.2) is 65.3 Å². The second kappa shape index (κ2) is 27.2. The van der Waals surface area contributed by atoms with Crippen LogP contribution in [-0.2, 0) is 28.8 Å². The van der Waals surface area contributed by atoms with Gasteiger partial charge in [0, 0.05) is 31.7 Å². The first kappa shape index (κ1) is 41.0. The van der Waals surface area contributed by atoms with Crippen LogP contribution < -0.4 is 16.0 Å². The lowest BCUT2D eigenvalue weighted by atomic mass is 9.81. The Hall–Kier alpha value is -2.98. The van der Waals surface area contributed by atoms with Gasteiger partial charge in [0.2, 0.25) is 17.7 Å². The normalized spacial score (nSPS) is 16.7. The highest BCUT2D eigenvalue weighted by atomic mass is 16.4. The minimum absolute atomic E-state index is 0.0782. The smallest absolute Gasteiger partial charge is 0.326 e. The van der Waals surface area contributed by atoms with Gasteiger partial charge < -0.3 is 31.0 Å². The van der Waals surface area contributed by atoms with E-state index in [1.807, 2.05) is 0 Å². The lowest BCUT2D eigenvalue weighted by Crippen LogP contribution is -2.45. The molecule has 264 valence electrons. The molecule has 1 saturated carbocycles. The number of amides is 3. The van der Waals surface area contributed by atoms with Gasteiger partial charge in [0.15, 0.2) is 0 Å². The predicted molar refractivity (Wildman–Crippen MR) is 177 cm³/mol. The first-order valence-corrected chi connectivity index (χ1v) is 17.9. The Morgan fingerprint density at radius 3 is 1.59 bits per heavy atom. The highest BCUT2D eigenvalue weighted by Crippen LogP contribution is 2.29. The minimum atomic E-state index is -1.24. The second-order valence-electron chi connectivity index (χ2n) is 13.0. The number of aliphatic carboxylic acids is 2. The molecule has 0 aromatic heterocycles. The number of rotatable bonds is 29. The average Bonchev–Trinajstić information content (AvgIpc) is 3.04. The third kappa shape index (κ3) is 22.5. The van der Waals surface area contributed by atoms with Gasteiger partial charge in [-0.3, -0.25) is 19.2 Å². The van der Waals surface area contributed by atoms with E-state index in [2.05, 4.69) is 16.0 Å². The van der Waals surface area contributed by atoms with Crippen LogP contribution in [0.25, 0.3) is 0 Å². The van der Waals surface area contributed by atoms with Gasteiger partial charge >= 0.3 is 11.9 Å². The molecule has 5 N–H and O–H groups in total. The van der Waals surface area contributed by atoms with Crippen molar-refractivity contribution >= 4 is 35.9 Å². The van der Waals surface area contributed by atoms with Crippen LogP contribution in [0.3, 0.4) is 0 Å². The summed E-state index contributed by atoms with van der Waals surface area (Å²) >= 11 is 0. The summed E-state index contributed by atoms with van der Waals surface area (Å²) in [5, 5.41) is 25.8. The lowest BCUT2D eigenvalue weighted by molar-refractivity contribution is -0.143. The number of carbonyl (C=O) groups excluding carboxylic acids is 4. The van der Waals surface area contributed by atoms with Crippen molar-refractivity contribution in [3.05, 3.63) is 0 Å². The van der Waals surface area contributed by atoms with E-state index in [0.717, 1.165) is 38.4 Å². The number of carboxylic acid groups (broad SMARTS) is 2. The second-order valence-corrected chi connectivity index (χ2v) is 13.0. The predicted octanol–water partition coefficient (Wildman–Crippen LogP) is 5.68. The fourth-order valence-corrected chi connectivity index (χ4v) is 6.05. The maximum Gasteiger partial charge on any atom is 0.326 e. The third-order valence-electron chi connectivity index (χ3n) is 8.99. The molecule has 3 amide bonds. The molecule has 0 radical (unpaired) electrons. The highest BCUT2D eigenvalue weighted by Gasteiger charge is 2.29. The SMILES string of the molecule is O=CCCCCCCCCCCCCCCCCCCC(=O)NC[C@H]1CC[C@H](C(=O)NC(CCC(=O)NCC(=O)O)C(=O)O)CC1. The van der Waals surface area contributed by atoms with Crippen molar-refractivity contribution in [3.8, 4) is 0 Å². The molecule has 11 heteroatoms. The molecular weight excluding hydrogens is 590 g/mol. The first-order valence-electron chi connectivity index (χ1n) is 17.9. The topological polar surface area (TPSA) is 179 Å². The van der Waals surface area contributed by atoms with E-state index in [-0.39, 0.29) is 30.6 Å². The van der Waals surface area contributed by atoms with Crippen molar-refractivity contribution in [2.45, 2.75) is 160 Å². The summed E-state index contributed by atoms with van der Waals surface area (Å²) < 4.78 is 0. The van der Waals surface area contributed by atoms with Crippen LogP contribution in [0.4, 0.5) is 0 Å². The minimum Gasteiger partial charge on any atom is -0.480 e. The maximum atomic E-state index is 12.7. The summed E-state index contributed by atoms with van der Waals surface area (Å²) in [6.07, 6.45) is 24.5. The number of carboxylic acids is 2. The number of hydrogen-bond acceptors (Lipinski definition) is 6. The van der Waals surface area contributed by atoms with Crippen LogP contribution in [0.1, 0.15) is 154 Å². The summed E-state index contributed by atoms with van der Waals surface area (Å²) in [4.78, 5) is 69.0. The Labute approximate surface area is 275 Å². The Kier molecular flexibility index (Phi) is 24.2. The molecule has 0 spiro atoms. The highest BCUT2D eigenvalue weighted by molar-refractivity contribution is 5.86. The zero-order valence-electron chi connectivity index (χ0n) is 28.0. The largest absolute Gasteiger partial charge is 0.480 e. The van der Waals surface area contributed by atoms with E-state index >= 15 is 0 Å². The molecule has 0 aromatic rings. The zero-order chi connectivity index (χ0) is 33.8. The summed E-state index contributed by atoms with van der Waals surface area (Å²) in [5.74, 6) is -3.29. The Morgan fingerprint density at radius 1 is 0.630 bits per heavy atom. The molecule has 0 bridgehead atoms. The van der Waals surface area contributed by atoms with Crippen LogP contribution in [0.2, 0.25) is 0 Å². The van der Waals surface area contributed by atoms with E-state index in [0.29, 0.717) is 38.1 Å².